The van der Waals surface area contributed by atoms with Gasteiger partial charge >= 0.3 is 0 Å². The second-order valence-corrected chi connectivity index (χ2v) is 5.79. The highest BCUT2D eigenvalue weighted by Gasteiger charge is 2.11. The Bertz CT molecular complexity index is 720. The van der Waals surface area contributed by atoms with Gasteiger partial charge in [-0.25, -0.2) is 9.97 Å². The van der Waals surface area contributed by atoms with Gasteiger partial charge in [-0.1, -0.05) is 11.3 Å². The number of anilines is 1. The lowest BCUT2D eigenvalue weighted by atomic mass is 10.4. The van der Waals surface area contributed by atoms with Crippen molar-refractivity contribution in [1.29, 1.82) is 0 Å². The van der Waals surface area contributed by atoms with Gasteiger partial charge in [-0.2, -0.15) is 0 Å². The molecule has 5 heteroatoms. The van der Waals surface area contributed by atoms with Crippen molar-refractivity contribution in [2.75, 3.05) is 19.0 Å². The first-order valence-electron chi connectivity index (χ1n) is 6.16. The molecule has 3 heterocycles. The summed E-state index contributed by atoms with van der Waals surface area (Å²) in [6.07, 6.45) is 0. The molecule has 0 radical (unpaired) electrons. The summed E-state index contributed by atoms with van der Waals surface area (Å²) in [7, 11) is 3.99. The van der Waals surface area contributed by atoms with E-state index in [1.165, 1.54) is 11.4 Å². The number of nitrogens with zero attached hydrogens (tertiary/aromatic N) is 4. The maximum absolute atomic E-state index is 4.68. The van der Waals surface area contributed by atoms with Crippen LogP contribution < -0.4 is 4.90 Å². The number of hydrogen-bond donors (Lipinski definition) is 0. The highest BCUT2D eigenvalue weighted by Crippen LogP contribution is 2.27. The maximum atomic E-state index is 4.68. The van der Waals surface area contributed by atoms with Crippen LogP contribution in [0.4, 0.5) is 5.82 Å². The summed E-state index contributed by atoms with van der Waals surface area (Å²) in [5.41, 5.74) is 3.35. The molecule has 3 aromatic heterocycles. The average Bonchev–Trinajstić information content (AvgIpc) is 2.91. The number of hydrogen-bond acceptors (Lipinski definition) is 4. The van der Waals surface area contributed by atoms with Gasteiger partial charge in [-0.3, -0.25) is 4.57 Å². The van der Waals surface area contributed by atoms with Crippen molar-refractivity contribution in [3.63, 3.8) is 0 Å². The molecule has 0 N–H and O–H groups in total. The molecule has 0 aliphatic carbocycles. The van der Waals surface area contributed by atoms with E-state index >= 15 is 0 Å². The normalized spacial score (nSPS) is 11.2. The van der Waals surface area contributed by atoms with Gasteiger partial charge in [0.1, 0.15) is 16.2 Å². The van der Waals surface area contributed by atoms with Gasteiger partial charge in [0, 0.05) is 25.5 Å². The van der Waals surface area contributed by atoms with Crippen LogP contribution >= 0.6 is 11.3 Å². The number of fused-ring (bicyclic) bond motifs is 1. The molecule has 19 heavy (non-hydrogen) atoms. The Hall–Kier alpha value is -1.88. The lowest BCUT2D eigenvalue weighted by molar-refractivity contribution is 0.955. The highest BCUT2D eigenvalue weighted by atomic mass is 32.1. The third-order valence-corrected chi connectivity index (χ3v) is 4.10. The number of aryl methyl sites for hydroxylation is 2. The van der Waals surface area contributed by atoms with E-state index in [2.05, 4.69) is 40.5 Å². The van der Waals surface area contributed by atoms with Crippen LogP contribution in [0.1, 0.15) is 11.4 Å². The van der Waals surface area contributed by atoms with E-state index in [1.807, 2.05) is 31.1 Å². The van der Waals surface area contributed by atoms with Crippen LogP contribution in [0.25, 0.3) is 15.5 Å². The maximum Gasteiger partial charge on any atom is 0.196 e. The molecule has 0 saturated heterocycles. The Balaban J connectivity index is 2.17. The van der Waals surface area contributed by atoms with Crippen molar-refractivity contribution >= 4 is 27.5 Å². The Morgan fingerprint density at radius 2 is 1.68 bits per heavy atom. The Morgan fingerprint density at radius 1 is 1.00 bits per heavy atom. The van der Waals surface area contributed by atoms with Crippen LogP contribution in [0, 0.1) is 13.8 Å². The van der Waals surface area contributed by atoms with Gasteiger partial charge in [0.2, 0.25) is 0 Å². The number of pyridine rings is 1. The molecule has 0 bridgehead atoms. The van der Waals surface area contributed by atoms with Gasteiger partial charge in [-0.15, -0.1) is 0 Å². The summed E-state index contributed by atoms with van der Waals surface area (Å²) in [6, 6.07) is 8.26. The second-order valence-electron chi connectivity index (χ2n) is 4.84. The SMILES string of the molecule is Cc1ccc(C)n1-c1nc2ccc(N(C)C)nc2s1. The fourth-order valence-corrected chi connectivity index (χ4v) is 3.16. The lowest BCUT2D eigenvalue weighted by Crippen LogP contribution is -2.09. The molecule has 0 spiro atoms. The molecule has 0 saturated carbocycles. The first kappa shape index (κ1) is 12.2. The summed E-state index contributed by atoms with van der Waals surface area (Å²) in [5, 5.41) is 0.985. The fraction of sp³-hybridized carbons (Fsp3) is 0.286. The van der Waals surface area contributed by atoms with Crippen molar-refractivity contribution in [3.8, 4) is 5.13 Å². The quantitative estimate of drug-likeness (QED) is 0.718. The van der Waals surface area contributed by atoms with E-state index in [0.29, 0.717) is 0 Å². The van der Waals surface area contributed by atoms with E-state index in [1.54, 1.807) is 11.3 Å². The molecule has 0 atom stereocenters. The molecule has 0 aliphatic heterocycles. The summed E-state index contributed by atoms with van der Waals surface area (Å²) >= 11 is 1.63. The number of rotatable bonds is 2. The molecule has 4 nitrogen and oxygen atoms in total. The molecular formula is C14H16N4S. The molecule has 0 unspecified atom stereocenters. The van der Waals surface area contributed by atoms with Gasteiger partial charge in [0.25, 0.3) is 0 Å². The molecule has 0 aromatic carbocycles. The zero-order valence-electron chi connectivity index (χ0n) is 11.5. The van der Waals surface area contributed by atoms with Gasteiger partial charge in [0.15, 0.2) is 5.13 Å². The van der Waals surface area contributed by atoms with Crippen LogP contribution in [-0.4, -0.2) is 28.6 Å². The molecule has 0 amide bonds. The second kappa shape index (κ2) is 4.35. The molecular weight excluding hydrogens is 256 g/mol. The minimum Gasteiger partial charge on any atom is -0.363 e. The Kier molecular flexibility index (Phi) is 2.78. The summed E-state index contributed by atoms with van der Waals surface area (Å²) in [4.78, 5) is 12.3. The van der Waals surface area contributed by atoms with Gasteiger partial charge < -0.3 is 4.90 Å². The van der Waals surface area contributed by atoms with Crippen molar-refractivity contribution in [2.24, 2.45) is 0 Å². The molecule has 0 aliphatic rings. The van der Waals surface area contributed by atoms with Crippen LogP contribution in [0.3, 0.4) is 0 Å². The molecule has 0 fully saturated rings. The molecule has 3 rings (SSSR count). The van der Waals surface area contributed by atoms with Crippen LogP contribution in [0.15, 0.2) is 24.3 Å². The summed E-state index contributed by atoms with van der Waals surface area (Å²) in [6.45, 7) is 4.19. The third-order valence-electron chi connectivity index (χ3n) is 3.15. The molecule has 98 valence electrons. The van der Waals surface area contributed by atoms with Crippen LogP contribution in [0.5, 0.6) is 0 Å². The van der Waals surface area contributed by atoms with E-state index < -0.39 is 0 Å². The van der Waals surface area contributed by atoms with Crippen molar-refractivity contribution in [2.45, 2.75) is 13.8 Å². The Morgan fingerprint density at radius 3 is 2.32 bits per heavy atom. The highest BCUT2D eigenvalue weighted by molar-refractivity contribution is 7.20. The standard InChI is InChI=1S/C14H16N4S/c1-9-5-6-10(2)18(9)14-15-11-7-8-12(17(3)4)16-13(11)19-14/h5-8H,1-4H3. The van der Waals surface area contributed by atoms with Crippen LogP contribution in [-0.2, 0) is 0 Å². The zero-order chi connectivity index (χ0) is 13.6. The monoisotopic (exact) mass is 272 g/mol. The third kappa shape index (κ3) is 2.00. The van der Waals surface area contributed by atoms with E-state index in [9.17, 15) is 0 Å². The van der Waals surface area contributed by atoms with Crippen molar-refractivity contribution in [1.82, 2.24) is 14.5 Å². The fourth-order valence-electron chi connectivity index (χ4n) is 2.11. The minimum absolute atomic E-state index is 0.957. The van der Waals surface area contributed by atoms with Crippen molar-refractivity contribution < 1.29 is 0 Å². The average molecular weight is 272 g/mol. The van der Waals surface area contributed by atoms with E-state index in [-0.39, 0.29) is 0 Å². The first-order chi connectivity index (χ1) is 9.06. The Labute approximate surface area is 116 Å². The van der Waals surface area contributed by atoms with Crippen molar-refractivity contribution in [3.05, 3.63) is 35.7 Å². The predicted molar refractivity (Wildman–Crippen MR) is 80.5 cm³/mol. The minimum atomic E-state index is 0.957. The zero-order valence-corrected chi connectivity index (χ0v) is 12.3. The van der Waals surface area contributed by atoms with Gasteiger partial charge in [-0.05, 0) is 38.1 Å². The van der Waals surface area contributed by atoms with Crippen LogP contribution in [0.2, 0.25) is 0 Å². The predicted octanol–water partition coefficient (Wildman–Crippen LogP) is 3.16. The molecule has 3 aromatic rings. The lowest BCUT2D eigenvalue weighted by Gasteiger charge is -2.09. The summed E-state index contributed by atoms with van der Waals surface area (Å²) < 4.78 is 2.17. The topological polar surface area (TPSA) is 34.0 Å². The van der Waals surface area contributed by atoms with E-state index in [0.717, 1.165) is 21.3 Å². The first-order valence-corrected chi connectivity index (χ1v) is 6.98. The van der Waals surface area contributed by atoms with Gasteiger partial charge in [0.05, 0.1) is 0 Å². The number of thiazole rings is 1. The smallest absolute Gasteiger partial charge is 0.196 e. The number of aromatic nitrogens is 3. The summed E-state index contributed by atoms with van der Waals surface area (Å²) in [5.74, 6) is 0.962. The largest absolute Gasteiger partial charge is 0.363 e. The van der Waals surface area contributed by atoms with E-state index in [4.69, 9.17) is 0 Å².